The van der Waals surface area contributed by atoms with Crippen LogP contribution >= 0.6 is 0 Å². The van der Waals surface area contributed by atoms with E-state index in [1.807, 2.05) is 47.0 Å². The predicted molar refractivity (Wildman–Crippen MR) is 94.3 cm³/mol. The monoisotopic (exact) mass is 310 g/mol. The number of fused-ring (bicyclic) bond motifs is 1. The molecule has 3 N–H and O–H groups in total. The Morgan fingerprint density at radius 3 is 2.70 bits per heavy atom. The topological polar surface area (TPSA) is 66.3 Å². The van der Waals surface area contributed by atoms with Gasteiger partial charge in [-0.05, 0) is 50.2 Å². The number of hydrogen-bond donors (Lipinski definition) is 3. The number of nitrogens with zero attached hydrogens (tertiary/aromatic N) is 3. The van der Waals surface area contributed by atoms with Crippen LogP contribution in [0.5, 0.6) is 0 Å². The zero-order valence-electron chi connectivity index (χ0n) is 12.9. The van der Waals surface area contributed by atoms with Crippen molar-refractivity contribution in [1.29, 1.82) is 0 Å². The van der Waals surface area contributed by atoms with Gasteiger partial charge in [0.2, 0.25) is 5.95 Å². The summed E-state index contributed by atoms with van der Waals surface area (Å²) in [5.74, 6) is 1.60. The van der Waals surface area contributed by atoms with Crippen LogP contribution < -0.4 is 16.0 Å². The molecule has 0 atom stereocenters. The maximum Gasteiger partial charge on any atom is 0.247 e. The van der Waals surface area contributed by atoms with E-state index in [2.05, 4.69) is 32.1 Å². The van der Waals surface area contributed by atoms with E-state index in [0.717, 1.165) is 43.1 Å². The van der Waals surface area contributed by atoms with Crippen LogP contribution in [0.1, 0.15) is 14.3 Å². The predicted octanol–water partition coefficient (Wildman–Crippen LogP) is 2.88. The van der Waals surface area contributed by atoms with E-state index >= 15 is 0 Å². The molecule has 0 amide bonds. The maximum atomic E-state index is 4.59. The molecule has 120 valence electrons. The van der Waals surface area contributed by atoms with Gasteiger partial charge in [0, 0.05) is 13.2 Å². The Hall–Kier alpha value is -2.60. The molecule has 2 aromatic heterocycles. The molecule has 6 heteroatoms. The number of hydrogen-bond acceptors (Lipinski definition) is 5. The van der Waals surface area contributed by atoms with Crippen molar-refractivity contribution in [3.63, 3.8) is 0 Å². The van der Waals surface area contributed by atoms with Crippen LogP contribution in [0, 0.1) is 0 Å². The van der Waals surface area contributed by atoms with Gasteiger partial charge in [-0.15, -0.1) is 5.10 Å². The van der Waals surface area contributed by atoms with Gasteiger partial charge in [-0.1, -0.05) is 24.3 Å². The van der Waals surface area contributed by atoms with Crippen molar-refractivity contribution in [1.82, 2.24) is 19.9 Å². The van der Waals surface area contributed by atoms with Gasteiger partial charge in [-0.2, -0.15) is 9.50 Å². The highest BCUT2D eigenvalue weighted by molar-refractivity contribution is 5.57. The molecule has 0 aliphatic carbocycles. The number of nitrogens with one attached hydrogen (secondary N) is 3. The van der Waals surface area contributed by atoms with Gasteiger partial charge in [0.1, 0.15) is 5.82 Å². The number of para-hydroxylation sites is 1. The third-order valence-electron chi connectivity index (χ3n) is 4.08. The lowest BCUT2D eigenvalue weighted by Gasteiger charge is -2.24. The zero-order valence-corrected chi connectivity index (χ0v) is 12.9. The minimum absolute atomic E-state index is 0. The van der Waals surface area contributed by atoms with Gasteiger partial charge < -0.3 is 16.0 Å². The molecule has 0 bridgehead atoms. The quantitative estimate of drug-likeness (QED) is 0.691. The smallest absolute Gasteiger partial charge is 0.247 e. The first kappa shape index (κ1) is 14.0. The van der Waals surface area contributed by atoms with Gasteiger partial charge in [0.15, 0.2) is 5.65 Å². The lowest BCUT2D eigenvalue weighted by molar-refractivity contribution is 0.477. The average Bonchev–Trinajstić information content (AvgIpc) is 3.00. The van der Waals surface area contributed by atoms with E-state index in [1.165, 1.54) is 0 Å². The van der Waals surface area contributed by atoms with Crippen molar-refractivity contribution in [2.75, 3.05) is 23.7 Å². The summed E-state index contributed by atoms with van der Waals surface area (Å²) in [5.41, 5.74) is 1.82. The molecule has 3 heterocycles. The molecular weight excluding hydrogens is 288 g/mol. The lowest BCUT2D eigenvalue weighted by Crippen LogP contribution is -2.35. The molecule has 0 spiro atoms. The molecule has 0 radical (unpaired) electrons. The molecule has 1 aliphatic rings. The van der Waals surface area contributed by atoms with E-state index in [4.69, 9.17) is 0 Å². The highest BCUT2D eigenvalue weighted by atomic mass is 15.4. The fourth-order valence-corrected chi connectivity index (χ4v) is 2.89. The number of piperidine rings is 1. The van der Waals surface area contributed by atoms with Crippen molar-refractivity contribution in [2.45, 2.75) is 18.9 Å². The van der Waals surface area contributed by atoms with Crippen LogP contribution in [0.2, 0.25) is 0 Å². The van der Waals surface area contributed by atoms with Crippen molar-refractivity contribution >= 4 is 23.1 Å². The van der Waals surface area contributed by atoms with Crippen molar-refractivity contribution in [2.24, 2.45) is 0 Å². The summed E-state index contributed by atoms with van der Waals surface area (Å²) in [6.07, 6.45) is 2.25. The SMILES string of the molecule is [HH].c1ccc(Nc2nc3cccc(NC4CCNCC4)n3n2)cc1. The van der Waals surface area contributed by atoms with E-state index in [1.54, 1.807) is 0 Å². The molecule has 1 aliphatic heterocycles. The van der Waals surface area contributed by atoms with E-state index < -0.39 is 0 Å². The third kappa shape index (κ3) is 3.12. The van der Waals surface area contributed by atoms with Crippen LogP contribution in [-0.4, -0.2) is 33.7 Å². The first-order valence-corrected chi connectivity index (χ1v) is 8.04. The molecule has 1 aromatic carbocycles. The molecule has 4 rings (SSSR count). The van der Waals surface area contributed by atoms with E-state index in [0.29, 0.717) is 12.0 Å². The van der Waals surface area contributed by atoms with Gasteiger partial charge >= 0.3 is 0 Å². The van der Waals surface area contributed by atoms with Crippen LogP contribution in [0.15, 0.2) is 48.5 Å². The summed E-state index contributed by atoms with van der Waals surface area (Å²) in [4.78, 5) is 4.55. The first-order chi connectivity index (χ1) is 11.4. The summed E-state index contributed by atoms with van der Waals surface area (Å²) in [7, 11) is 0. The minimum Gasteiger partial charge on any atom is -0.367 e. The highest BCUT2D eigenvalue weighted by Gasteiger charge is 2.15. The molecule has 3 aromatic rings. The second-order valence-electron chi connectivity index (χ2n) is 5.78. The molecule has 0 saturated carbocycles. The summed E-state index contributed by atoms with van der Waals surface area (Å²) in [6.45, 7) is 2.12. The second kappa shape index (κ2) is 6.26. The molecule has 0 unspecified atom stereocenters. The van der Waals surface area contributed by atoms with Gasteiger partial charge in [-0.3, -0.25) is 0 Å². The van der Waals surface area contributed by atoms with Crippen molar-refractivity contribution < 1.29 is 1.43 Å². The van der Waals surface area contributed by atoms with Crippen LogP contribution in [0.3, 0.4) is 0 Å². The van der Waals surface area contributed by atoms with Gasteiger partial charge in [0.05, 0.1) is 0 Å². The zero-order chi connectivity index (χ0) is 15.5. The fourth-order valence-electron chi connectivity index (χ4n) is 2.89. The molecule has 6 nitrogen and oxygen atoms in total. The molecular formula is C17H22N6. The Bertz CT molecular complexity index is 782. The number of rotatable bonds is 4. The van der Waals surface area contributed by atoms with Crippen molar-refractivity contribution in [3.05, 3.63) is 48.5 Å². The number of benzene rings is 1. The summed E-state index contributed by atoms with van der Waals surface area (Å²) in [5, 5.41) is 14.8. The number of anilines is 3. The minimum atomic E-state index is 0. The average molecular weight is 310 g/mol. The van der Waals surface area contributed by atoms with Crippen LogP contribution in [-0.2, 0) is 0 Å². The Morgan fingerprint density at radius 2 is 1.87 bits per heavy atom. The Labute approximate surface area is 136 Å². The van der Waals surface area contributed by atoms with E-state index in [9.17, 15) is 0 Å². The number of aromatic nitrogens is 3. The third-order valence-corrected chi connectivity index (χ3v) is 4.08. The van der Waals surface area contributed by atoms with Gasteiger partial charge in [-0.25, -0.2) is 0 Å². The molecule has 23 heavy (non-hydrogen) atoms. The standard InChI is InChI=1S/C17H20N6.H2/c1-2-5-13(6-3-1)20-17-21-16-8-4-7-15(23(16)22-17)19-14-9-11-18-12-10-14;/h1-8,14,18-19H,9-12H2,(H,20,22);1H. The Morgan fingerprint density at radius 1 is 1.04 bits per heavy atom. The first-order valence-electron chi connectivity index (χ1n) is 8.04. The van der Waals surface area contributed by atoms with E-state index in [-0.39, 0.29) is 1.43 Å². The lowest BCUT2D eigenvalue weighted by atomic mass is 10.1. The number of pyridine rings is 1. The highest BCUT2D eigenvalue weighted by Crippen LogP contribution is 2.18. The largest absolute Gasteiger partial charge is 0.367 e. The second-order valence-corrected chi connectivity index (χ2v) is 5.78. The maximum absolute atomic E-state index is 4.59. The molecule has 1 saturated heterocycles. The van der Waals surface area contributed by atoms with Crippen LogP contribution in [0.4, 0.5) is 17.5 Å². The Kier molecular flexibility index (Phi) is 3.81. The summed E-state index contributed by atoms with van der Waals surface area (Å²) < 4.78 is 1.87. The Balaban J connectivity index is 0.00000169. The normalized spacial score (nSPS) is 15.7. The van der Waals surface area contributed by atoms with Gasteiger partial charge in [0.25, 0.3) is 0 Å². The van der Waals surface area contributed by atoms with Crippen molar-refractivity contribution in [3.8, 4) is 0 Å². The van der Waals surface area contributed by atoms with Crippen LogP contribution in [0.25, 0.3) is 5.65 Å². The summed E-state index contributed by atoms with van der Waals surface area (Å²) in [6, 6.07) is 16.5. The fraction of sp³-hybridized carbons (Fsp3) is 0.294. The molecule has 1 fully saturated rings. The summed E-state index contributed by atoms with van der Waals surface area (Å²) >= 11 is 0.